The van der Waals surface area contributed by atoms with E-state index in [1.807, 2.05) is 24.3 Å². The number of hydrogen-bond donors (Lipinski definition) is 0. The van der Waals surface area contributed by atoms with Gasteiger partial charge in [-0.15, -0.1) is 0 Å². The topological polar surface area (TPSA) is 48.6 Å². The van der Waals surface area contributed by atoms with Crippen LogP contribution in [0, 0.1) is 11.3 Å². The number of rotatable bonds is 4. The van der Waals surface area contributed by atoms with Gasteiger partial charge in [0.15, 0.2) is 0 Å². The molecule has 1 aromatic rings. The smallest absolute Gasteiger partial charge is 0.119 e. The fraction of sp³-hybridized carbons (Fsp3) is 0.429. The molecule has 0 saturated heterocycles. The first-order valence-corrected chi connectivity index (χ1v) is 5.90. The number of methoxy groups -OCH3 is 1. The van der Waals surface area contributed by atoms with Crippen LogP contribution in [0.3, 0.4) is 0 Å². The Labute approximate surface area is 109 Å². The molecule has 0 aliphatic rings. The SMILES string of the molecule is CN=C(CC#N)N(c1ccc(OC)cc1)C(C)C. The molecule has 96 valence electrons. The lowest BCUT2D eigenvalue weighted by Crippen LogP contribution is -2.36. The van der Waals surface area contributed by atoms with Gasteiger partial charge >= 0.3 is 0 Å². The number of aliphatic imine (C=N–C) groups is 1. The summed E-state index contributed by atoms with van der Waals surface area (Å²) in [6, 6.07) is 10.2. The summed E-state index contributed by atoms with van der Waals surface area (Å²) < 4.78 is 5.14. The molecule has 0 aliphatic heterocycles. The second kappa shape index (κ2) is 6.65. The number of hydrogen-bond acceptors (Lipinski definition) is 3. The van der Waals surface area contributed by atoms with Crippen molar-refractivity contribution in [3.8, 4) is 11.8 Å². The Morgan fingerprint density at radius 3 is 2.39 bits per heavy atom. The van der Waals surface area contributed by atoms with Gasteiger partial charge in [0.05, 0.1) is 19.6 Å². The highest BCUT2D eigenvalue weighted by atomic mass is 16.5. The maximum Gasteiger partial charge on any atom is 0.119 e. The highest BCUT2D eigenvalue weighted by Crippen LogP contribution is 2.22. The van der Waals surface area contributed by atoms with Crippen LogP contribution in [0.4, 0.5) is 5.69 Å². The van der Waals surface area contributed by atoms with Crippen molar-refractivity contribution >= 4 is 11.5 Å². The minimum Gasteiger partial charge on any atom is -0.497 e. The molecule has 0 fully saturated rings. The summed E-state index contributed by atoms with van der Waals surface area (Å²) in [4.78, 5) is 6.27. The molecular weight excluding hydrogens is 226 g/mol. The van der Waals surface area contributed by atoms with Gasteiger partial charge < -0.3 is 9.64 Å². The number of nitrogens with zero attached hydrogens (tertiary/aromatic N) is 3. The molecule has 1 rings (SSSR count). The molecule has 0 aromatic heterocycles. The Balaban J connectivity index is 3.08. The van der Waals surface area contributed by atoms with Crippen LogP contribution < -0.4 is 9.64 Å². The maximum absolute atomic E-state index is 8.85. The molecular formula is C14H19N3O. The van der Waals surface area contributed by atoms with Gasteiger partial charge in [0.25, 0.3) is 0 Å². The Bertz CT molecular complexity index is 443. The van der Waals surface area contributed by atoms with Gasteiger partial charge in [-0.05, 0) is 38.1 Å². The molecule has 0 atom stereocenters. The molecule has 4 heteroatoms. The average Bonchev–Trinajstić information content (AvgIpc) is 2.38. The standard InChI is InChI=1S/C14H19N3O/c1-11(2)17(14(16-3)9-10-15)12-5-7-13(18-4)8-6-12/h5-8,11H,9H2,1-4H3. The zero-order valence-electron chi connectivity index (χ0n) is 11.3. The lowest BCUT2D eigenvalue weighted by atomic mass is 10.2. The van der Waals surface area contributed by atoms with Crippen LogP contribution in [-0.2, 0) is 0 Å². The second-order valence-electron chi connectivity index (χ2n) is 4.14. The minimum atomic E-state index is 0.241. The number of anilines is 1. The summed E-state index contributed by atoms with van der Waals surface area (Å²) in [5.41, 5.74) is 1.02. The average molecular weight is 245 g/mol. The van der Waals surface area contributed by atoms with Crippen molar-refractivity contribution in [2.45, 2.75) is 26.3 Å². The second-order valence-corrected chi connectivity index (χ2v) is 4.14. The molecule has 0 aliphatic carbocycles. The van der Waals surface area contributed by atoms with E-state index >= 15 is 0 Å². The molecule has 0 unspecified atom stereocenters. The van der Waals surface area contributed by atoms with Crippen LogP contribution in [0.2, 0.25) is 0 Å². The van der Waals surface area contributed by atoms with Crippen molar-refractivity contribution in [1.29, 1.82) is 5.26 Å². The van der Waals surface area contributed by atoms with Gasteiger partial charge in [-0.25, -0.2) is 0 Å². The van der Waals surface area contributed by atoms with Crippen molar-refractivity contribution in [3.63, 3.8) is 0 Å². The summed E-state index contributed by atoms with van der Waals surface area (Å²) in [6.07, 6.45) is 0.306. The van der Waals surface area contributed by atoms with Crippen LogP contribution in [0.25, 0.3) is 0 Å². The fourth-order valence-electron chi connectivity index (χ4n) is 1.83. The van der Waals surface area contributed by atoms with E-state index < -0.39 is 0 Å². The first kappa shape index (κ1) is 14.0. The predicted octanol–water partition coefficient (Wildman–Crippen LogP) is 2.85. The lowest BCUT2D eigenvalue weighted by Gasteiger charge is -2.29. The fourth-order valence-corrected chi connectivity index (χ4v) is 1.83. The molecule has 1 aromatic carbocycles. The van der Waals surface area contributed by atoms with E-state index in [0.29, 0.717) is 6.42 Å². The largest absolute Gasteiger partial charge is 0.497 e. The van der Waals surface area contributed by atoms with Gasteiger partial charge in [-0.2, -0.15) is 5.26 Å². The Hall–Kier alpha value is -2.02. The minimum absolute atomic E-state index is 0.241. The van der Waals surface area contributed by atoms with Gasteiger partial charge in [-0.3, -0.25) is 4.99 Å². The zero-order valence-corrected chi connectivity index (χ0v) is 11.3. The summed E-state index contributed by atoms with van der Waals surface area (Å²) in [5.74, 6) is 1.59. The molecule has 0 radical (unpaired) electrons. The predicted molar refractivity (Wildman–Crippen MR) is 74.2 cm³/mol. The van der Waals surface area contributed by atoms with Crippen molar-refractivity contribution < 1.29 is 4.74 Å². The van der Waals surface area contributed by atoms with E-state index in [1.54, 1.807) is 14.2 Å². The summed E-state index contributed by atoms with van der Waals surface area (Å²) in [7, 11) is 3.36. The quantitative estimate of drug-likeness (QED) is 0.605. The van der Waals surface area contributed by atoms with Crippen molar-refractivity contribution in [2.24, 2.45) is 4.99 Å². The summed E-state index contributed by atoms with van der Waals surface area (Å²) in [6.45, 7) is 4.15. The molecule has 0 saturated carbocycles. The van der Waals surface area contributed by atoms with Gasteiger partial charge in [0.2, 0.25) is 0 Å². The highest BCUT2D eigenvalue weighted by Gasteiger charge is 2.16. The maximum atomic E-state index is 8.85. The molecule has 0 spiro atoms. The monoisotopic (exact) mass is 245 g/mol. The first-order chi connectivity index (χ1) is 8.63. The van der Waals surface area contributed by atoms with E-state index in [2.05, 4.69) is 29.8 Å². The van der Waals surface area contributed by atoms with Gasteiger partial charge in [0, 0.05) is 18.8 Å². The van der Waals surface area contributed by atoms with Crippen LogP contribution in [0.1, 0.15) is 20.3 Å². The third-order valence-corrected chi connectivity index (χ3v) is 2.64. The van der Waals surface area contributed by atoms with E-state index in [0.717, 1.165) is 17.3 Å². The number of ether oxygens (including phenoxy) is 1. The number of amidine groups is 1. The van der Waals surface area contributed by atoms with Gasteiger partial charge in [0.1, 0.15) is 11.6 Å². The van der Waals surface area contributed by atoms with Crippen molar-refractivity contribution in [1.82, 2.24) is 0 Å². The van der Waals surface area contributed by atoms with E-state index in [9.17, 15) is 0 Å². The van der Waals surface area contributed by atoms with E-state index in [-0.39, 0.29) is 6.04 Å². The van der Waals surface area contributed by atoms with E-state index in [4.69, 9.17) is 10.00 Å². The number of nitriles is 1. The lowest BCUT2D eigenvalue weighted by molar-refractivity contribution is 0.415. The Morgan fingerprint density at radius 1 is 1.39 bits per heavy atom. The van der Waals surface area contributed by atoms with Crippen LogP contribution in [0.15, 0.2) is 29.3 Å². The Kier molecular flexibility index (Phi) is 5.19. The van der Waals surface area contributed by atoms with E-state index in [1.165, 1.54) is 0 Å². The van der Waals surface area contributed by atoms with Crippen molar-refractivity contribution in [3.05, 3.63) is 24.3 Å². The molecule has 0 bridgehead atoms. The molecule has 0 heterocycles. The Morgan fingerprint density at radius 2 is 2.00 bits per heavy atom. The normalized spacial score (nSPS) is 11.2. The van der Waals surface area contributed by atoms with Crippen LogP contribution in [0.5, 0.6) is 5.75 Å². The third-order valence-electron chi connectivity index (χ3n) is 2.64. The van der Waals surface area contributed by atoms with Crippen molar-refractivity contribution in [2.75, 3.05) is 19.1 Å². The summed E-state index contributed by atoms with van der Waals surface area (Å²) in [5, 5.41) is 8.85. The molecule has 4 nitrogen and oxygen atoms in total. The summed E-state index contributed by atoms with van der Waals surface area (Å²) >= 11 is 0. The third kappa shape index (κ3) is 3.24. The van der Waals surface area contributed by atoms with Gasteiger partial charge in [-0.1, -0.05) is 0 Å². The zero-order chi connectivity index (χ0) is 13.5. The van der Waals surface area contributed by atoms with Crippen LogP contribution in [-0.4, -0.2) is 26.0 Å². The first-order valence-electron chi connectivity index (χ1n) is 5.90. The molecule has 0 amide bonds. The number of benzene rings is 1. The van der Waals surface area contributed by atoms with Crippen LogP contribution >= 0.6 is 0 Å². The highest BCUT2D eigenvalue weighted by molar-refractivity contribution is 5.99. The molecule has 0 N–H and O–H groups in total. The molecule has 18 heavy (non-hydrogen) atoms.